The van der Waals surface area contributed by atoms with E-state index in [0.717, 1.165) is 29.8 Å². The van der Waals surface area contributed by atoms with Crippen molar-refractivity contribution in [2.75, 3.05) is 37.5 Å². The lowest BCUT2D eigenvalue weighted by Gasteiger charge is -2.42. The first-order chi connectivity index (χ1) is 19.8. The lowest BCUT2D eigenvalue weighted by molar-refractivity contribution is 0.0277. The number of carbonyl (C=O) groups is 1. The van der Waals surface area contributed by atoms with Gasteiger partial charge in [0.1, 0.15) is 6.61 Å². The molecule has 2 aromatic carbocycles. The van der Waals surface area contributed by atoms with Crippen molar-refractivity contribution < 1.29 is 17.9 Å². The van der Waals surface area contributed by atoms with Crippen LogP contribution in [-0.2, 0) is 10.0 Å². The highest BCUT2D eigenvalue weighted by Gasteiger charge is 2.34. The summed E-state index contributed by atoms with van der Waals surface area (Å²) in [6, 6.07) is 13.7. The summed E-state index contributed by atoms with van der Waals surface area (Å²) in [5.41, 5.74) is 3.83. The van der Waals surface area contributed by atoms with Crippen LogP contribution in [0.5, 0.6) is 5.88 Å². The van der Waals surface area contributed by atoms with Gasteiger partial charge in [-0.15, -0.1) is 0 Å². The van der Waals surface area contributed by atoms with E-state index in [2.05, 4.69) is 19.6 Å². The van der Waals surface area contributed by atoms with Gasteiger partial charge in [0.25, 0.3) is 15.9 Å². The molecule has 1 aliphatic carbocycles. The highest BCUT2D eigenvalue weighted by molar-refractivity contribution is 7.92. The molecule has 4 bridgehead atoms. The maximum atomic E-state index is 13.8. The molecule has 2 fully saturated rings. The van der Waals surface area contributed by atoms with Crippen molar-refractivity contribution >= 4 is 21.9 Å². The van der Waals surface area contributed by atoms with Gasteiger partial charge in [-0.1, -0.05) is 43.5 Å². The molecule has 1 amide bonds. The SMILES string of the molecule is Cc1cccc(C)c1-c1cc2nc(n1)NS(=O)(=O)c1cccc(c1)C(=O)N1CCN(CC3CCCCC3)CC1CO2. The number of nitrogens with one attached hydrogen (secondary N) is 1. The van der Waals surface area contributed by atoms with Crippen LogP contribution in [0.1, 0.15) is 53.6 Å². The zero-order valence-electron chi connectivity index (χ0n) is 23.7. The standard InChI is InChI=1S/C31H37N5O4S/c1-21-8-6-9-22(2)29(21)27-17-28-33-31(32-27)34-41(38,39)26-13-7-12-24(16-26)30(37)36-15-14-35(19-25(36)20-40-28)18-23-10-4-3-5-11-23/h6-9,12-13,16-17,23,25H,3-5,10-11,14-15,18-20H2,1-2H3,(H,32,33,34). The number of hydrogen-bond acceptors (Lipinski definition) is 7. The van der Waals surface area contributed by atoms with Crippen LogP contribution in [0.25, 0.3) is 11.3 Å². The average molecular weight is 576 g/mol. The van der Waals surface area contributed by atoms with Gasteiger partial charge in [-0.25, -0.2) is 18.1 Å². The molecule has 3 heterocycles. The van der Waals surface area contributed by atoms with Crippen LogP contribution >= 0.6 is 0 Å². The second kappa shape index (κ2) is 11.4. The van der Waals surface area contributed by atoms with E-state index in [1.807, 2.05) is 36.9 Å². The molecule has 1 unspecified atom stereocenters. The Morgan fingerprint density at radius 1 is 0.976 bits per heavy atom. The van der Waals surface area contributed by atoms with E-state index < -0.39 is 10.0 Å². The van der Waals surface area contributed by atoms with E-state index in [1.165, 1.54) is 44.2 Å². The average Bonchev–Trinajstić information content (AvgIpc) is 2.96. The number of piperazine rings is 1. The molecule has 3 aromatic rings. The van der Waals surface area contributed by atoms with E-state index in [-0.39, 0.29) is 35.3 Å². The predicted molar refractivity (Wildman–Crippen MR) is 158 cm³/mol. The number of hydrogen-bond donors (Lipinski definition) is 1. The van der Waals surface area contributed by atoms with Crippen LogP contribution in [0.15, 0.2) is 53.4 Å². The molecule has 1 saturated carbocycles. The summed E-state index contributed by atoms with van der Waals surface area (Å²) in [4.78, 5) is 27.1. The third kappa shape index (κ3) is 5.94. The highest BCUT2D eigenvalue weighted by Crippen LogP contribution is 2.31. The zero-order chi connectivity index (χ0) is 28.6. The van der Waals surface area contributed by atoms with Gasteiger partial charge in [0.2, 0.25) is 11.8 Å². The van der Waals surface area contributed by atoms with Gasteiger partial charge in [-0.05, 0) is 61.9 Å². The van der Waals surface area contributed by atoms with Crippen LogP contribution in [0, 0.1) is 19.8 Å². The minimum absolute atomic E-state index is 0.0152. The number of aromatic nitrogens is 2. The Labute approximate surface area is 242 Å². The Hall–Kier alpha value is -3.50. The molecular weight excluding hydrogens is 538 g/mol. The molecule has 216 valence electrons. The van der Waals surface area contributed by atoms with Crippen molar-refractivity contribution in [2.45, 2.75) is 56.9 Å². The number of amides is 1. The summed E-state index contributed by atoms with van der Waals surface area (Å²) in [6.07, 6.45) is 6.44. The Kier molecular flexibility index (Phi) is 7.70. The fraction of sp³-hybridized carbons (Fsp3) is 0.452. The Bertz CT molecular complexity index is 1530. The van der Waals surface area contributed by atoms with Gasteiger partial charge < -0.3 is 9.64 Å². The van der Waals surface area contributed by atoms with E-state index in [1.54, 1.807) is 18.2 Å². The van der Waals surface area contributed by atoms with Gasteiger partial charge in [-0.2, -0.15) is 4.98 Å². The second-order valence-corrected chi connectivity index (χ2v) is 13.2. The monoisotopic (exact) mass is 575 g/mol. The lowest BCUT2D eigenvalue weighted by atomic mass is 9.88. The number of fused-ring (bicyclic) bond motifs is 5. The zero-order valence-corrected chi connectivity index (χ0v) is 24.5. The van der Waals surface area contributed by atoms with Gasteiger partial charge in [0, 0.05) is 43.4 Å². The topological polar surface area (TPSA) is 105 Å². The highest BCUT2D eigenvalue weighted by atomic mass is 32.2. The third-order valence-electron chi connectivity index (χ3n) is 8.55. The molecule has 10 heteroatoms. The first kappa shape index (κ1) is 27.7. The summed E-state index contributed by atoms with van der Waals surface area (Å²) in [6.45, 7) is 7.29. The number of benzene rings is 2. The molecule has 1 N–H and O–H groups in total. The fourth-order valence-corrected chi connectivity index (χ4v) is 7.43. The van der Waals surface area contributed by atoms with E-state index in [9.17, 15) is 13.2 Å². The number of carbonyl (C=O) groups excluding carboxylic acids is 1. The summed E-state index contributed by atoms with van der Waals surface area (Å²) in [5.74, 6) is 0.689. The molecule has 1 aromatic heterocycles. The minimum atomic E-state index is -4.07. The van der Waals surface area contributed by atoms with Gasteiger partial charge in [-0.3, -0.25) is 9.69 Å². The van der Waals surface area contributed by atoms with Gasteiger partial charge in [0.15, 0.2) is 0 Å². The quantitative estimate of drug-likeness (QED) is 0.484. The normalized spacial score (nSPS) is 21.5. The minimum Gasteiger partial charge on any atom is -0.475 e. The summed E-state index contributed by atoms with van der Waals surface area (Å²) >= 11 is 0. The molecule has 2 aliphatic heterocycles. The maximum absolute atomic E-state index is 13.8. The van der Waals surface area contributed by atoms with Crippen molar-refractivity contribution in [3.05, 3.63) is 65.2 Å². The van der Waals surface area contributed by atoms with Crippen LogP contribution < -0.4 is 9.46 Å². The molecule has 0 spiro atoms. The number of anilines is 1. The van der Waals surface area contributed by atoms with Crippen LogP contribution in [-0.4, -0.2) is 72.9 Å². The number of rotatable bonds is 3. The number of aryl methyl sites for hydroxylation is 2. The Morgan fingerprint density at radius 3 is 2.51 bits per heavy atom. The Balaban J connectivity index is 1.39. The van der Waals surface area contributed by atoms with Crippen molar-refractivity contribution in [1.29, 1.82) is 0 Å². The molecular formula is C31H37N5O4S. The fourth-order valence-electron chi connectivity index (χ4n) is 6.44. The maximum Gasteiger partial charge on any atom is 0.264 e. The van der Waals surface area contributed by atoms with Crippen molar-refractivity contribution in [2.24, 2.45) is 5.92 Å². The van der Waals surface area contributed by atoms with Crippen molar-refractivity contribution in [1.82, 2.24) is 19.8 Å². The van der Waals surface area contributed by atoms with E-state index >= 15 is 0 Å². The van der Waals surface area contributed by atoms with Crippen LogP contribution in [0.4, 0.5) is 5.95 Å². The predicted octanol–water partition coefficient (Wildman–Crippen LogP) is 4.66. The molecule has 6 rings (SSSR count). The lowest BCUT2D eigenvalue weighted by Crippen LogP contribution is -2.58. The number of ether oxygens (including phenoxy) is 1. The molecule has 1 atom stereocenters. The molecule has 1 saturated heterocycles. The van der Waals surface area contributed by atoms with E-state index in [4.69, 9.17) is 4.74 Å². The van der Waals surface area contributed by atoms with Gasteiger partial charge in [0.05, 0.1) is 16.6 Å². The van der Waals surface area contributed by atoms with Crippen LogP contribution in [0.3, 0.4) is 0 Å². The first-order valence-corrected chi connectivity index (χ1v) is 16.0. The van der Waals surface area contributed by atoms with Crippen molar-refractivity contribution in [3.8, 4) is 17.1 Å². The third-order valence-corrected chi connectivity index (χ3v) is 9.88. The van der Waals surface area contributed by atoms with E-state index in [0.29, 0.717) is 30.3 Å². The first-order valence-electron chi connectivity index (χ1n) is 14.5. The summed E-state index contributed by atoms with van der Waals surface area (Å²) < 4.78 is 35.6. The largest absolute Gasteiger partial charge is 0.475 e. The number of nitrogens with zero attached hydrogens (tertiary/aromatic N) is 4. The molecule has 9 nitrogen and oxygen atoms in total. The Morgan fingerprint density at radius 2 is 1.73 bits per heavy atom. The smallest absolute Gasteiger partial charge is 0.264 e. The van der Waals surface area contributed by atoms with Crippen LogP contribution in [0.2, 0.25) is 0 Å². The molecule has 41 heavy (non-hydrogen) atoms. The van der Waals surface area contributed by atoms with Crippen molar-refractivity contribution in [3.63, 3.8) is 0 Å². The summed E-state index contributed by atoms with van der Waals surface area (Å²) in [7, 11) is -4.07. The summed E-state index contributed by atoms with van der Waals surface area (Å²) in [5, 5.41) is 0. The second-order valence-electron chi connectivity index (χ2n) is 11.5. The molecule has 0 radical (unpaired) electrons. The van der Waals surface area contributed by atoms with Gasteiger partial charge >= 0.3 is 0 Å². The molecule has 3 aliphatic rings. The number of sulfonamides is 1.